The van der Waals surface area contributed by atoms with Gasteiger partial charge >= 0.3 is 0 Å². The van der Waals surface area contributed by atoms with E-state index in [0.29, 0.717) is 5.82 Å². The molecule has 0 bridgehead atoms. The van der Waals surface area contributed by atoms with Gasteiger partial charge in [-0.1, -0.05) is 18.2 Å². The van der Waals surface area contributed by atoms with Crippen molar-refractivity contribution >= 4 is 17.6 Å². The van der Waals surface area contributed by atoms with Crippen molar-refractivity contribution in [3.63, 3.8) is 0 Å². The molecule has 2 rings (SSSR count). The van der Waals surface area contributed by atoms with Crippen LogP contribution in [0.3, 0.4) is 0 Å². The van der Waals surface area contributed by atoms with Crippen LogP contribution in [0.1, 0.15) is 5.82 Å². The van der Waals surface area contributed by atoms with Crippen molar-refractivity contribution < 1.29 is 0 Å². The normalized spacial score (nSPS) is 10.1. The van der Waals surface area contributed by atoms with E-state index in [2.05, 4.69) is 22.1 Å². The van der Waals surface area contributed by atoms with Gasteiger partial charge in [-0.25, -0.2) is 9.97 Å². The minimum Gasteiger partial charge on any atom is -0.384 e. The van der Waals surface area contributed by atoms with Crippen molar-refractivity contribution in [2.24, 2.45) is 0 Å². The molecule has 3 nitrogen and oxygen atoms in total. The first kappa shape index (κ1) is 9.98. The topological polar surface area (TPSA) is 51.8 Å². The first-order valence-electron chi connectivity index (χ1n) is 4.60. The van der Waals surface area contributed by atoms with Gasteiger partial charge in [-0.2, -0.15) is 0 Å². The van der Waals surface area contributed by atoms with Crippen LogP contribution in [0.4, 0.5) is 5.82 Å². The molecule has 2 N–H and O–H groups in total. The lowest BCUT2D eigenvalue weighted by Gasteiger charge is -2.00. The van der Waals surface area contributed by atoms with Crippen LogP contribution >= 0.6 is 11.8 Å². The van der Waals surface area contributed by atoms with E-state index in [4.69, 9.17) is 5.73 Å². The Bertz CT molecular complexity index is 431. The van der Waals surface area contributed by atoms with E-state index in [1.54, 1.807) is 24.0 Å². The first-order chi connectivity index (χ1) is 7.34. The number of hydrogen-bond donors (Lipinski definition) is 1. The highest BCUT2D eigenvalue weighted by Crippen LogP contribution is 2.20. The lowest BCUT2D eigenvalue weighted by molar-refractivity contribution is 1.04. The Morgan fingerprint density at radius 3 is 2.67 bits per heavy atom. The number of thioether (sulfide) groups is 1. The van der Waals surface area contributed by atoms with Crippen LogP contribution in [0.5, 0.6) is 0 Å². The second-order valence-corrected chi connectivity index (χ2v) is 4.05. The summed E-state index contributed by atoms with van der Waals surface area (Å²) < 4.78 is 0. The molecule has 0 fully saturated rings. The van der Waals surface area contributed by atoms with Crippen LogP contribution in [-0.4, -0.2) is 9.97 Å². The molecule has 1 aromatic carbocycles. The molecule has 1 heterocycles. The average molecular weight is 217 g/mol. The number of benzene rings is 1. The molecule has 76 valence electrons. The van der Waals surface area contributed by atoms with Crippen LogP contribution in [0.2, 0.25) is 0 Å². The number of rotatable bonds is 3. The fourth-order valence-electron chi connectivity index (χ4n) is 1.15. The summed E-state index contributed by atoms with van der Waals surface area (Å²) >= 11 is 1.70. The highest BCUT2D eigenvalue weighted by molar-refractivity contribution is 7.98. The number of aromatic nitrogens is 2. The molecule has 0 aliphatic heterocycles. The van der Waals surface area contributed by atoms with E-state index in [1.807, 2.05) is 18.2 Å². The second-order valence-electron chi connectivity index (χ2n) is 3.00. The third-order valence-corrected chi connectivity index (χ3v) is 2.85. The fraction of sp³-hybridized carbons (Fsp3) is 0.0909. The van der Waals surface area contributed by atoms with Gasteiger partial charge < -0.3 is 5.73 Å². The first-order valence-corrected chi connectivity index (χ1v) is 5.58. The SMILES string of the molecule is Nc1ccnc(CSc2ccccc2)n1. The number of hydrogen-bond acceptors (Lipinski definition) is 4. The monoisotopic (exact) mass is 217 g/mol. The van der Waals surface area contributed by atoms with Gasteiger partial charge in [0.05, 0.1) is 5.75 Å². The minimum atomic E-state index is 0.522. The van der Waals surface area contributed by atoms with E-state index in [0.717, 1.165) is 11.6 Å². The zero-order valence-corrected chi connectivity index (χ0v) is 8.95. The molecule has 2 aromatic rings. The van der Waals surface area contributed by atoms with Gasteiger partial charge in [-0.15, -0.1) is 11.8 Å². The Hall–Kier alpha value is -1.55. The summed E-state index contributed by atoms with van der Waals surface area (Å²) in [6.45, 7) is 0. The molecule has 0 saturated carbocycles. The Kier molecular flexibility index (Phi) is 3.19. The average Bonchev–Trinajstić information content (AvgIpc) is 2.28. The molecular weight excluding hydrogens is 206 g/mol. The Morgan fingerprint density at radius 1 is 1.13 bits per heavy atom. The molecule has 0 saturated heterocycles. The third kappa shape index (κ3) is 2.95. The lowest BCUT2D eigenvalue weighted by Crippen LogP contribution is -1.96. The molecule has 0 radical (unpaired) electrons. The van der Waals surface area contributed by atoms with E-state index in [-0.39, 0.29) is 0 Å². The Labute approximate surface area is 92.8 Å². The Balaban J connectivity index is 1.99. The van der Waals surface area contributed by atoms with Gasteiger partial charge in [0.2, 0.25) is 0 Å². The number of nitrogens with two attached hydrogens (primary N) is 1. The summed E-state index contributed by atoms with van der Waals surface area (Å²) in [5.41, 5.74) is 5.57. The van der Waals surface area contributed by atoms with Crippen molar-refractivity contribution in [2.75, 3.05) is 5.73 Å². The molecule has 0 aliphatic carbocycles. The molecule has 0 amide bonds. The lowest BCUT2D eigenvalue weighted by atomic mass is 10.4. The van der Waals surface area contributed by atoms with E-state index in [1.165, 1.54) is 4.90 Å². The van der Waals surface area contributed by atoms with Crippen LogP contribution in [0.15, 0.2) is 47.5 Å². The van der Waals surface area contributed by atoms with Crippen molar-refractivity contribution in [1.82, 2.24) is 9.97 Å². The van der Waals surface area contributed by atoms with Gasteiger partial charge in [0.25, 0.3) is 0 Å². The van der Waals surface area contributed by atoms with Crippen LogP contribution in [-0.2, 0) is 5.75 Å². The molecule has 15 heavy (non-hydrogen) atoms. The zero-order valence-electron chi connectivity index (χ0n) is 8.13. The van der Waals surface area contributed by atoms with Gasteiger partial charge in [0.15, 0.2) is 0 Å². The van der Waals surface area contributed by atoms with Crippen molar-refractivity contribution in [3.05, 3.63) is 48.4 Å². The van der Waals surface area contributed by atoms with Gasteiger partial charge in [0, 0.05) is 11.1 Å². The van der Waals surface area contributed by atoms with E-state index >= 15 is 0 Å². The highest BCUT2D eigenvalue weighted by Gasteiger charge is 1.98. The molecule has 0 atom stereocenters. The number of anilines is 1. The minimum absolute atomic E-state index is 0.522. The highest BCUT2D eigenvalue weighted by atomic mass is 32.2. The maximum absolute atomic E-state index is 5.57. The smallest absolute Gasteiger partial charge is 0.140 e. The van der Waals surface area contributed by atoms with Crippen LogP contribution in [0.25, 0.3) is 0 Å². The summed E-state index contributed by atoms with van der Waals surface area (Å²) in [7, 11) is 0. The third-order valence-electron chi connectivity index (χ3n) is 1.84. The Morgan fingerprint density at radius 2 is 1.93 bits per heavy atom. The number of nitrogens with zero attached hydrogens (tertiary/aromatic N) is 2. The van der Waals surface area contributed by atoms with Crippen LogP contribution in [0, 0.1) is 0 Å². The quantitative estimate of drug-likeness (QED) is 0.802. The maximum Gasteiger partial charge on any atom is 0.140 e. The standard InChI is InChI=1S/C11H11N3S/c12-10-6-7-13-11(14-10)8-15-9-4-2-1-3-5-9/h1-7H,8H2,(H2,12,13,14). The predicted octanol–water partition coefficient (Wildman–Crippen LogP) is 2.35. The molecule has 0 spiro atoms. The van der Waals surface area contributed by atoms with Gasteiger partial charge in [0.1, 0.15) is 11.6 Å². The summed E-state index contributed by atoms with van der Waals surface area (Å²) in [5, 5.41) is 0. The molecule has 4 heteroatoms. The van der Waals surface area contributed by atoms with Crippen LogP contribution < -0.4 is 5.73 Å². The van der Waals surface area contributed by atoms with Gasteiger partial charge in [-0.05, 0) is 18.2 Å². The van der Waals surface area contributed by atoms with Crippen molar-refractivity contribution in [1.29, 1.82) is 0 Å². The predicted molar refractivity (Wildman–Crippen MR) is 62.4 cm³/mol. The summed E-state index contributed by atoms with van der Waals surface area (Å²) in [6, 6.07) is 11.9. The summed E-state index contributed by atoms with van der Waals surface area (Å²) in [4.78, 5) is 9.49. The van der Waals surface area contributed by atoms with E-state index < -0.39 is 0 Å². The van der Waals surface area contributed by atoms with Crippen molar-refractivity contribution in [3.8, 4) is 0 Å². The largest absolute Gasteiger partial charge is 0.384 e. The zero-order chi connectivity index (χ0) is 10.5. The van der Waals surface area contributed by atoms with Crippen molar-refractivity contribution in [2.45, 2.75) is 10.6 Å². The van der Waals surface area contributed by atoms with E-state index in [9.17, 15) is 0 Å². The second kappa shape index (κ2) is 4.79. The summed E-state index contributed by atoms with van der Waals surface area (Å²) in [5.74, 6) is 2.03. The fourth-order valence-corrected chi connectivity index (χ4v) is 1.93. The molecular formula is C11H11N3S. The maximum atomic E-state index is 5.57. The van der Waals surface area contributed by atoms with Gasteiger partial charge in [-0.3, -0.25) is 0 Å². The number of nitrogen functional groups attached to an aromatic ring is 1. The molecule has 1 aromatic heterocycles. The summed E-state index contributed by atoms with van der Waals surface area (Å²) in [6.07, 6.45) is 1.68. The molecule has 0 unspecified atom stereocenters. The molecule has 0 aliphatic rings.